The van der Waals surface area contributed by atoms with Gasteiger partial charge in [0.25, 0.3) is 0 Å². The molecule has 0 radical (unpaired) electrons. The molecule has 0 aliphatic rings. The minimum absolute atomic E-state index is 1.05. The minimum Gasteiger partial charge on any atom is -0.324 e. The lowest BCUT2D eigenvalue weighted by Gasteiger charge is -2.07. The van der Waals surface area contributed by atoms with Crippen LogP contribution in [0, 0.1) is 0 Å². The van der Waals surface area contributed by atoms with Crippen LogP contribution in [0.5, 0.6) is 0 Å². The van der Waals surface area contributed by atoms with Crippen molar-refractivity contribution in [1.29, 1.82) is 0 Å². The summed E-state index contributed by atoms with van der Waals surface area (Å²) >= 11 is 0. The predicted molar refractivity (Wildman–Crippen MR) is 118 cm³/mol. The van der Waals surface area contributed by atoms with Crippen LogP contribution in [0.3, 0.4) is 0 Å². The summed E-state index contributed by atoms with van der Waals surface area (Å²) in [7, 11) is 0. The van der Waals surface area contributed by atoms with Crippen molar-refractivity contribution in [2.45, 2.75) is 64.8 Å². The third-order valence-corrected chi connectivity index (χ3v) is 5.14. The summed E-state index contributed by atoms with van der Waals surface area (Å²) in [5.74, 6) is 1.06. The van der Waals surface area contributed by atoms with E-state index < -0.39 is 0 Å². The Balaban J connectivity index is 1.62. The third kappa shape index (κ3) is 5.82. The Morgan fingerprint density at radius 3 is 2.19 bits per heavy atom. The molecule has 0 saturated carbocycles. The minimum atomic E-state index is 1.05. The van der Waals surface area contributed by atoms with Gasteiger partial charge in [0.2, 0.25) is 0 Å². The Morgan fingerprint density at radius 2 is 1.41 bits per heavy atom. The molecule has 27 heavy (non-hydrogen) atoms. The number of rotatable bonds is 11. The van der Waals surface area contributed by atoms with Crippen molar-refractivity contribution in [1.82, 2.24) is 9.55 Å². The van der Waals surface area contributed by atoms with Crippen LogP contribution in [-0.4, -0.2) is 9.55 Å². The molecule has 0 aliphatic carbocycles. The van der Waals surface area contributed by atoms with Crippen molar-refractivity contribution in [3.05, 3.63) is 66.0 Å². The van der Waals surface area contributed by atoms with E-state index in [2.05, 4.69) is 78.2 Å². The highest BCUT2D eigenvalue weighted by atomic mass is 15.1. The monoisotopic (exact) mass is 360 g/mol. The number of imidazole rings is 1. The number of unbranched alkanes of at least 4 members (excludes halogenated alkanes) is 7. The van der Waals surface area contributed by atoms with E-state index in [9.17, 15) is 0 Å². The number of aryl methyl sites for hydroxylation is 1. The second-order valence-electron chi connectivity index (χ2n) is 7.33. The SMILES string of the molecule is CCCCCCCCCCn1c(C=Cc2ccccc2)nc2ccccc21. The van der Waals surface area contributed by atoms with Gasteiger partial charge in [-0.05, 0) is 30.2 Å². The maximum absolute atomic E-state index is 4.85. The maximum atomic E-state index is 4.85. The maximum Gasteiger partial charge on any atom is 0.133 e. The molecule has 0 spiro atoms. The van der Waals surface area contributed by atoms with E-state index in [1.165, 1.54) is 62.4 Å². The van der Waals surface area contributed by atoms with Gasteiger partial charge in [0, 0.05) is 6.54 Å². The zero-order valence-electron chi connectivity index (χ0n) is 16.6. The Morgan fingerprint density at radius 1 is 0.741 bits per heavy atom. The van der Waals surface area contributed by atoms with Gasteiger partial charge in [-0.3, -0.25) is 0 Å². The fourth-order valence-electron chi connectivity index (χ4n) is 3.60. The van der Waals surface area contributed by atoms with Gasteiger partial charge in [0.05, 0.1) is 11.0 Å². The average Bonchev–Trinajstić information content (AvgIpc) is 3.07. The molecule has 0 fully saturated rings. The van der Waals surface area contributed by atoms with Crippen molar-refractivity contribution < 1.29 is 0 Å². The van der Waals surface area contributed by atoms with Crippen LogP contribution in [0.4, 0.5) is 0 Å². The van der Waals surface area contributed by atoms with Gasteiger partial charge in [-0.1, -0.05) is 100 Å². The highest BCUT2D eigenvalue weighted by molar-refractivity contribution is 5.79. The smallest absolute Gasteiger partial charge is 0.133 e. The zero-order valence-corrected chi connectivity index (χ0v) is 16.6. The molecule has 0 atom stereocenters. The van der Waals surface area contributed by atoms with Gasteiger partial charge in [-0.2, -0.15) is 0 Å². The number of fused-ring (bicyclic) bond motifs is 1. The molecular weight excluding hydrogens is 328 g/mol. The van der Waals surface area contributed by atoms with Gasteiger partial charge in [-0.15, -0.1) is 0 Å². The fraction of sp³-hybridized carbons (Fsp3) is 0.400. The molecule has 0 N–H and O–H groups in total. The molecule has 0 aliphatic heterocycles. The van der Waals surface area contributed by atoms with Crippen molar-refractivity contribution >= 4 is 23.2 Å². The molecule has 3 rings (SSSR count). The molecule has 3 aromatic rings. The highest BCUT2D eigenvalue weighted by Gasteiger charge is 2.07. The Labute approximate surface area is 163 Å². The van der Waals surface area contributed by atoms with Crippen molar-refractivity contribution in [2.75, 3.05) is 0 Å². The first-order chi connectivity index (χ1) is 13.4. The van der Waals surface area contributed by atoms with Gasteiger partial charge in [0.1, 0.15) is 5.82 Å². The van der Waals surface area contributed by atoms with Crippen LogP contribution in [0.1, 0.15) is 69.7 Å². The highest BCUT2D eigenvalue weighted by Crippen LogP contribution is 2.19. The normalized spacial score (nSPS) is 11.6. The fourth-order valence-corrected chi connectivity index (χ4v) is 3.60. The lowest BCUT2D eigenvalue weighted by atomic mass is 10.1. The molecule has 2 heteroatoms. The van der Waals surface area contributed by atoms with Gasteiger partial charge < -0.3 is 4.57 Å². The molecule has 1 aromatic heterocycles. The number of nitrogens with zero attached hydrogens (tertiary/aromatic N) is 2. The number of para-hydroxylation sites is 2. The molecule has 1 heterocycles. The summed E-state index contributed by atoms with van der Waals surface area (Å²) in [4.78, 5) is 4.85. The standard InChI is InChI=1S/C25H32N2/c1-2-3-4-5-6-7-8-14-21-27-24-18-13-12-17-23(24)26-25(27)20-19-22-15-10-9-11-16-22/h9-13,15-20H,2-8,14,21H2,1H3. The summed E-state index contributed by atoms with van der Waals surface area (Å²) in [6.07, 6.45) is 15.1. The van der Waals surface area contributed by atoms with Crippen LogP contribution in [-0.2, 0) is 6.54 Å². The number of hydrogen-bond donors (Lipinski definition) is 0. The quantitative estimate of drug-likeness (QED) is 0.327. The van der Waals surface area contributed by atoms with Crippen LogP contribution >= 0.6 is 0 Å². The van der Waals surface area contributed by atoms with Crippen molar-refractivity contribution in [3.8, 4) is 0 Å². The van der Waals surface area contributed by atoms with E-state index in [1.807, 2.05) is 0 Å². The van der Waals surface area contributed by atoms with Crippen LogP contribution < -0.4 is 0 Å². The van der Waals surface area contributed by atoms with Gasteiger partial charge >= 0.3 is 0 Å². The van der Waals surface area contributed by atoms with E-state index in [0.717, 1.165) is 17.9 Å². The first-order valence-electron chi connectivity index (χ1n) is 10.6. The number of hydrogen-bond acceptors (Lipinski definition) is 1. The van der Waals surface area contributed by atoms with E-state index in [1.54, 1.807) is 0 Å². The lowest BCUT2D eigenvalue weighted by Crippen LogP contribution is -2.00. The molecule has 2 aromatic carbocycles. The molecule has 0 unspecified atom stereocenters. The number of aromatic nitrogens is 2. The average molecular weight is 361 g/mol. The molecule has 0 bridgehead atoms. The Kier molecular flexibility index (Phi) is 7.70. The van der Waals surface area contributed by atoms with Crippen LogP contribution in [0.2, 0.25) is 0 Å². The molecule has 0 amide bonds. The third-order valence-electron chi connectivity index (χ3n) is 5.14. The van der Waals surface area contributed by atoms with Crippen molar-refractivity contribution in [2.24, 2.45) is 0 Å². The summed E-state index contributed by atoms with van der Waals surface area (Å²) in [6, 6.07) is 18.9. The second kappa shape index (κ2) is 10.7. The van der Waals surface area contributed by atoms with E-state index in [-0.39, 0.29) is 0 Å². The topological polar surface area (TPSA) is 17.8 Å². The van der Waals surface area contributed by atoms with E-state index >= 15 is 0 Å². The van der Waals surface area contributed by atoms with E-state index in [0.29, 0.717) is 0 Å². The van der Waals surface area contributed by atoms with E-state index in [4.69, 9.17) is 4.98 Å². The molecule has 2 nitrogen and oxygen atoms in total. The first-order valence-corrected chi connectivity index (χ1v) is 10.6. The Bertz CT molecular complexity index is 830. The van der Waals surface area contributed by atoms with Crippen LogP contribution in [0.15, 0.2) is 54.6 Å². The molecule has 0 saturated heterocycles. The molecular formula is C25H32N2. The van der Waals surface area contributed by atoms with Gasteiger partial charge in [-0.25, -0.2) is 4.98 Å². The zero-order chi connectivity index (χ0) is 18.7. The van der Waals surface area contributed by atoms with Gasteiger partial charge in [0.15, 0.2) is 0 Å². The summed E-state index contributed by atoms with van der Waals surface area (Å²) < 4.78 is 2.38. The largest absolute Gasteiger partial charge is 0.324 e. The number of benzene rings is 2. The molecule has 142 valence electrons. The van der Waals surface area contributed by atoms with Crippen molar-refractivity contribution in [3.63, 3.8) is 0 Å². The predicted octanol–water partition coefficient (Wildman–Crippen LogP) is 7.35. The lowest BCUT2D eigenvalue weighted by molar-refractivity contribution is 0.547. The van der Waals surface area contributed by atoms with Crippen LogP contribution in [0.25, 0.3) is 23.2 Å². The summed E-state index contributed by atoms with van der Waals surface area (Å²) in [6.45, 7) is 3.32. The Hall–Kier alpha value is -2.35. The summed E-state index contributed by atoms with van der Waals surface area (Å²) in [5.41, 5.74) is 3.54. The summed E-state index contributed by atoms with van der Waals surface area (Å²) in [5, 5.41) is 0. The first kappa shape index (κ1) is 19.4. The second-order valence-corrected chi connectivity index (χ2v) is 7.33.